The monoisotopic (exact) mass is 351 g/mol. The summed E-state index contributed by atoms with van der Waals surface area (Å²) in [7, 11) is -1.31. The maximum absolute atomic E-state index is 12.9. The van der Waals surface area contributed by atoms with Crippen LogP contribution in [0.4, 0.5) is 0 Å². The van der Waals surface area contributed by atoms with Gasteiger partial charge in [-0.05, 0) is 18.1 Å². The minimum atomic E-state index is -1.31. The van der Waals surface area contributed by atoms with Gasteiger partial charge in [-0.15, -0.1) is 0 Å². The molecule has 1 N–H and O–H groups in total. The zero-order chi connectivity index (χ0) is 18.0. The molecule has 0 aliphatic carbocycles. The van der Waals surface area contributed by atoms with E-state index < -0.39 is 14.3 Å². The number of nitrogens with zero attached hydrogens (tertiary/aromatic N) is 1. The molecule has 3 rings (SSSR count). The Bertz CT molecular complexity index is 780. The van der Waals surface area contributed by atoms with Crippen molar-refractivity contribution in [3.05, 3.63) is 83.1 Å². The van der Waals surface area contributed by atoms with Gasteiger partial charge in [0.25, 0.3) is 5.91 Å². The fraction of sp³-hybridized carbons (Fsp3) is 0.286. The quantitative estimate of drug-likeness (QED) is 0.793. The van der Waals surface area contributed by atoms with E-state index >= 15 is 0 Å². The summed E-state index contributed by atoms with van der Waals surface area (Å²) < 4.78 is 0. The Balaban J connectivity index is 1.95. The van der Waals surface area contributed by atoms with Gasteiger partial charge in [-0.25, -0.2) is 0 Å². The van der Waals surface area contributed by atoms with Crippen LogP contribution in [0.2, 0.25) is 19.6 Å². The lowest BCUT2D eigenvalue weighted by Gasteiger charge is -2.31. The van der Waals surface area contributed by atoms with E-state index in [2.05, 4.69) is 31.4 Å². The number of hydrogen-bond donors (Lipinski definition) is 1. The van der Waals surface area contributed by atoms with Gasteiger partial charge < -0.3 is 10.0 Å². The molecular formula is C21H25NO2Si. The van der Waals surface area contributed by atoms with Crippen molar-refractivity contribution in [2.75, 3.05) is 0 Å². The largest absolute Gasteiger partial charge is 0.369 e. The number of benzene rings is 2. The second-order valence-corrected chi connectivity index (χ2v) is 12.7. The van der Waals surface area contributed by atoms with E-state index in [9.17, 15) is 9.90 Å². The highest BCUT2D eigenvalue weighted by Crippen LogP contribution is 2.39. The van der Waals surface area contributed by atoms with Crippen LogP contribution in [-0.4, -0.2) is 24.0 Å². The Morgan fingerprint density at radius 2 is 1.72 bits per heavy atom. The molecule has 1 aliphatic rings. The normalized spacial score (nSPS) is 18.6. The predicted octanol–water partition coefficient (Wildman–Crippen LogP) is 4.70. The highest BCUT2D eigenvalue weighted by molar-refractivity contribution is 6.80. The van der Waals surface area contributed by atoms with Crippen molar-refractivity contribution in [3.8, 4) is 0 Å². The number of rotatable bonds is 5. The van der Waals surface area contributed by atoms with Crippen LogP contribution < -0.4 is 0 Å². The molecule has 25 heavy (non-hydrogen) atoms. The molecule has 0 saturated heterocycles. The van der Waals surface area contributed by atoms with Crippen molar-refractivity contribution >= 4 is 14.0 Å². The molecule has 0 saturated carbocycles. The number of aliphatic hydroxyl groups excluding tert-OH is 1. The van der Waals surface area contributed by atoms with Gasteiger partial charge in [0, 0.05) is 11.1 Å². The maximum atomic E-state index is 12.9. The van der Waals surface area contributed by atoms with Crippen molar-refractivity contribution in [2.45, 2.75) is 38.3 Å². The third-order valence-electron chi connectivity index (χ3n) is 4.46. The molecule has 0 aromatic heterocycles. The SMILES string of the molecule is C[Si](C)(C)/C=C/C[C@@H](c1ccccc1)N1C(=O)c2ccccc2C1O. The molecule has 3 nitrogen and oxygen atoms in total. The number of carbonyl (C=O) groups is 1. The van der Waals surface area contributed by atoms with Crippen molar-refractivity contribution in [3.63, 3.8) is 0 Å². The van der Waals surface area contributed by atoms with Gasteiger partial charge in [-0.3, -0.25) is 4.79 Å². The second-order valence-electron chi connectivity index (χ2n) is 7.60. The Kier molecular flexibility index (Phi) is 4.93. The Morgan fingerprint density at radius 1 is 1.08 bits per heavy atom. The third-order valence-corrected chi connectivity index (χ3v) is 5.70. The van der Waals surface area contributed by atoms with E-state index in [0.29, 0.717) is 17.5 Å². The van der Waals surface area contributed by atoms with E-state index in [-0.39, 0.29) is 11.9 Å². The molecule has 2 atom stereocenters. The number of amides is 1. The number of aliphatic hydroxyl groups is 1. The lowest BCUT2D eigenvalue weighted by molar-refractivity contribution is -0.00346. The summed E-state index contributed by atoms with van der Waals surface area (Å²) in [5.74, 6) is -0.0987. The molecule has 1 amide bonds. The molecule has 0 radical (unpaired) electrons. The minimum absolute atomic E-state index is 0.0987. The van der Waals surface area contributed by atoms with Crippen molar-refractivity contribution in [2.24, 2.45) is 0 Å². The third kappa shape index (κ3) is 3.75. The lowest BCUT2D eigenvalue weighted by atomic mass is 10.0. The summed E-state index contributed by atoms with van der Waals surface area (Å²) in [4.78, 5) is 14.6. The molecule has 4 heteroatoms. The van der Waals surface area contributed by atoms with Gasteiger partial charge in [0.05, 0.1) is 14.1 Å². The maximum Gasteiger partial charge on any atom is 0.257 e. The van der Waals surface area contributed by atoms with Crippen LogP contribution in [0, 0.1) is 0 Å². The summed E-state index contributed by atoms with van der Waals surface area (Å²) in [6.07, 6.45) is 1.98. The van der Waals surface area contributed by atoms with Crippen LogP contribution in [0.25, 0.3) is 0 Å². The highest BCUT2D eigenvalue weighted by Gasteiger charge is 2.39. The molecule has 0 fully saturated rings. The van der Waals surface area contributed by atoms with Crippen LogP contribution >= 0.6 is 0 Å². The van der Waals surface area contributed by atoms with Gasteiger partial charge in [-0.2, -0.15) is 0 Å². The van der Waals surface area contributed by atoms with Crippen LogP contribution in [0.1, 0.15) is 40.2 Å². The molecule has 1 heterocycles. The summed E-state index contributed by atoms with van der Waals surface area (Å²) in [5, 5.41) is 10.8. The Morgan fingerprint density at radius 3 is 2.36 bits per heavy atom. The van der Waals surface area contributed by atoms with Gasteiger partial charge in [0.1, 0.15) is 0 Å². The fourth-order valence-electron chi connectivity index (χ4n) is 3.26. The molecule has 2 aromatic rings. The first-order valence-corrected chi connectivity index (χ1v) is 12.3. The first kappa shape index (κ1) is 17.6. The first-order valence-electron chi connectivity index (χ1n) is 8.71. The predicted molar refractivity (Wildman–Crippen MR) is 104 cm³/mol. The summed E-state index contributed by atoms with van der Waals surface area (Å²) in [5.41, 5.74) is 4.64. The van der Waals surface area contributed by atoms with Gasteiger partial charge in [-0.1, -0.05) is 79.9 Å². The van der Waals surface area contributed by atoms with Crippen molar-refractivity contribution in [1.82, 2.24) is 4.90 Å². The van der Waals surface area contributed by atoms with E-state index in [1.54, 1.807) is 11.0 Å². The van der Waals surface area contributed by atoms with E-state index in [1.807, 2.05) is 48.5 Å². The van der Waals surface area contributed by atoms with Crippen LogP contribution in [0.5, 0.6) is 0 Å². The second kappa shape index (κ2) is 6.98. The zero-order valence-electron chi connectivity index (χ0n) is 15.0. The first-order chi connectivity index (χ1) is 11.9. The zero-order valence-corrected chi connectivity index (χ0v) is 16.0. The number of hydrogen-bond acceptors (Lipinski definition) is 2. The molecule has 2 aromatic carbocycles. The van der Waals surface area contributed by atoms with Crippen LogP contribution in [-0.2, 0) is 0 Å². The molecule has 0 spiro atoms. The number of fused-ring (bicyclic) bond motifs is 1. The molecule has 1 unspecified atom stereocenters. The van der Waals surface area contributed by atoms with Gasteiger partial charge in [0.2, 0.25) is 0 Å². The van der Waals surface area contributed by atoms with Crippen LogP contribution in [0.3, 0.4) is 0 Å². The summed E-state index contributed by atoms with van der Waals surface area (Å²) in [6.45, 7) is 6.85. The summed E-state index contributed by atoms with van der Waals surface area (Å²) >= 11 is 0. The van der Waals surface area contributed by atoms with Crippen molar-refractivity contribution < 1.29 is 9.90 Å². The molecule has 0 bridgehead atoms. The van der Waals surface area contributed by atoms with E-state index in [1.165, 1.54) is 0 Å². The van der Waals surface area contributed by atoms with E-state index in [4.69, 9.17) is 0 Å². The smallest absolute Gasteiger partial charge is 0.257 e. The van der Waals surface area contributed by atoms with E-state index in [0.717, 1.165) is 5.56 Å². The van der Waals surface area contributed by atoms with Gasteiger partial charge >= 0.3 is 0 Å². The van der Waals surface area contributed by atoms with Crippen molar-refractivity contribution in [1.29, 1.82) is 0 Å². The molecular weight excluding hydrogens is 326 g/mol. The molecule has 130 valence electrons. The topological polar surface area (TPSA) is 40.5 Å². The Hall–Kier alpha value is -2.17. The lowest BCUT2D eigenvalue weighted by Crippen LogP contribution is -2.32. The average molecular weight is 352 g/mol. The van der Waals surface area contributed by atoms with Gasteiger partial charge in [0.15, 0.2) is 6.23 Å². The molecule has 1 aliphatic heterocycles. The minimum Gasteiger partial charge on any atom is -0.369 e. The fourth-order valence-corrected chi connectivity index (χ4v) is 4.11. The average Bonchev–Trinajstić information content (AvgIpc) is 2.84. The van der Waals surface area contributed by atoms with Crippen LogP contribution in [0.15, 0.2) is 66.4 Å². The summed E-state index contributed by atoms with van der Waals surface area (Å²) in [6, 6.07) is 17.1. The Labute approximate surface area is 150 Å². The highest BCUT2D eigenvalue weighted by atomic mass is 28.3. The standard InChI is InChI=1S/C21H25NO2Si/c1-25(2,3)15-9-14-19(16-10-5-4-6-11-16)22-20(23)17-12-7-8-13-18(17)21(22)24/h4-13,15,19-20,23H,14H2,1-3H3/b15-9+/t19-,20?/m0/s1. The number of carbonyl (C=O) groups excluding carboxylic acids is 1.